The number of nitrogens with two attached hydrogens (primary N) is 1. The van der Waals surface area contributed by atoms with E-state index in [9.17, 15) is 13.2 Å². The third kappa shape index (κ3) is 14.4. The van der Waals surface area contributed by atoms with Gasteiger partial charge in [-0.3, -0.25) is 4.55 Å². The zero-order valence-electron chi connectivity index (χ0n) is 11.8. The van der Waals surface area contributed by atoms with Crippen LogP contribution in [-0.4, -0.2) is 93.9 Å². The SMILES string of the molecule is C=CC(=O)O.CCCCCC(N)C(C)(C)S(=O)(=O)O.[NaH].[NaH]. The number of hydrogen-bond donors (Lipinski definition) is 3. The Kier molecular flexibility index (Phi) is 21.0. The summed E-state index contributed by atoms with van der Waals surface area (Å²) < 4.78 is 29.7. The fraction of sp³-hybridized carbons (Fsp3) is 0.750. The van der Waals surface area contributed by atoms with Crippen LogP contribution in [0, 0.1) is 0 Å². The van der Waals surface area contributed by atoms with Crippen molar-refractivity contribution >= 4 is 75.2 Å². The average Bonchev–Trinajstić information content (AvgIpc) is 2.28. The van der Waals surface area contributed by atoms with Crippen molar-refractivity contribution in [3.05, 3.63) is 12.7 Å². The van der Waals surface area contributed by atoms with E-state index in [2.05, 4.69) is 13.5 Å². The molecule has 0 saturated heterocycles. The molecule has 6 nitrogen and oxygen atoms in total. The molecule has 118 valence electrons. The van der Waals surface area contributed by atoms with E-state index < -0.39 is 26.9 Å². The van der Waals surface area contributed by atoms with Gasteiger partial charge >= 0.3 is 65.1 Å². The summed E-state index contributed by atoms with van der Waals surface area (Å²) in [5.74, 6) is -0.981. The molecule has 0 bridgehead atoms. The van der Waals surface area contributed by atoms with Crippen LogP contribution < -0.4 is 5.73 Å². The Morgan fingerprint density at radius 1 is 1.33 bits per heavy atom. The average molecular weight is 343 g/mol. The molecule has 0 aromatic rings. The molecule has 0 aliphatic rings. The van der Waals surface area contributed by atoms with Gasteiger partial charge in [0.25, 0.3) is 10.1 Å². The Balaban J connectivity index is -0.000000179. The standard InChI is InChI=1S/C9H21NO3S.C3H4O2.2Na.2H/c1-4-5-6-7-8(10)9(2,3)14(11,12)13;1-2-3(4)5;;;;/h8H,4-7,10H2,1-3H3,(H,11,12,13);2H,1H2,(H,4,5);;;;. The minimum absolute atomic E-state index is 0. The van der Waals surface area contributed by atoms with Crippen molar-refractivity contribution in [2.24, 2.45) is 5.73 Å². The molecule has 4 N–H and O–H groups in total. The Hall–Kier alpha value is 1.08. The molecule has 21 heavy (non-hydrogen) atoms. The fourth-order valence-corrected chi connectivity index (χ4v) is 1.65. The normalized spacial score (nSPS) is 11.9. The number of hydrogen-bond acceptors (Lipinski definition) is 4. The van der Waals surface area contributed by atoms with Crippen molar-refractivity contribution in [2.75, 3.05) is 0 Å². The fourth-order valence-electron chi connectivity index (χ4n) is 1.15. The summed E-state index contributed by atoms with van der Waals surface area (Å²) in [4.78, 5) is 9.25. The molecule has 0 radical (unpaired) electrons. The Bertz CT molecular complexity index is 385. The summed E-state index contributed by atoms with van der Waals surface area (Å²) in [6.45, 7) is 7.94. The second-order valence-electron chi connectivity index (χ2n) is 4.72. The Morgan fingerprint density at radius 3 is 1.95 bits per heavy atom. The molecular weight excluding hydrogens is 316 g/mol. The van der Waals surface area contributed by atoms with Crippen molar-refractivity contribution < 1.29 is 22.9 Å². The quantitative estimate of drug-likeness (QED) is 0.268. The second-order valence-corrected chi connectivity index (χ2v) is 6.73. The van der Waals surface area contributed by atoms with E-state index in [4.69, 9.17) is 15.4 Å². The summed E-state index contributed by atoms with van der Waals surface area (Å²) in [5.41, 5.74) is 5.74. The van der Waals surface area contributed by atoms with Crippen LogP contribution >= 0.6 is 0 Å². The molecule has 0 saturated carbocycles. The van der Waals surface area contributed by atoms with Gasteiger partial charge < -0.3 is 10.8 Å². The molecule has 9 heteroatoms. The van der Waals surface area contributed by atoms with Gasteiger partial charge in [-0.2, -0.15) is 8.42 Å². The molecule has 0 rings (SSSR count). The third-order valence-corrected chi connectivity index (χ3v) is 4.48. The van der Waals surface area contributed by atoms with E-state index in [-0.39, 0.29) is 59.1 Å². The van der Waals surface area contributed by atoms with Crippen LogP contribution in [0.1, 0.15) is 46.5 Å². The zero-order valence-corrected chi connectivity index (χ0v) is 12.6. The van der Waals surface area contributed by atoms with Gasteiger partial charge in [-0.15, -0.1) is 0 Å². The summed E-state index contributed by atoms with van der Waals surface area (Å²) in [7, 11) is -4.06. The molecule has 0 aliphatic carbocycles. The second kappa shape index (κ2) is 14.7. The molecule has 0 aromatic carbocycles. The topological polar surface area (TPSA) is 118 Å². The first-order valence-corrected chi connectivity index (χ1v) is 7.52. The van der Waals surface area contributed by atoms with Gasteiger partial charge in [0.2, 0.25) is 0 Å². The van der Waals surface area contributed by atoms with Crippen molar-refractivity contribution in [3.63, 3.8) is 0 Å². The van der Waals surface area contributed by atoms with Gasteiger partial charge in [0.15, 0.2) is 0 Å². The summed E-state index contributed by atoms with van der Waals surface area (Å²) in [6.07, 6.45) is 4.46. The van der Waals surface area contributed by atoms with Crippen molar-refractivity contribution in [3.8, 4) is 0 Å². The molecule has 0 spiro atoms. The first kappa shape index (κ1) is 30.0. The van der Waals surface area contributed by atoms with Gasteiger partial charge in [0.05, 0.1) is 0 Å². The van der Waals surface area contributed by atoms with Crippen LogP contribution in [-0.2, 0) is 14.9 Å². The molecular formula is C12H27NNa2O5S. The Morgan fingerprint density at radius 2 is 1.71 bits per heavy atom. The van der Waals surface area contributed by atoms with Crippen molar-refractivity contribution in [1.29, 1.82) is 0 Å². The number of unbranched alkanes of at least 4 members (excludes halogenated alkanes) is 2. The predicted molar refractivity (Wildman–Crippen MR) is 89.9 cm³/mol. The first-order chi connectivity index (χ1) is 8.50. The predicted octanol–water partition coefficient (Wildman–Crippen LogP) is 0.520. The maximum atomic E-state index is 11.0. The van der Waals surface area contributed by atoms with Gasteiger partial charge in [-0.05, 0) is 20.3 Å². The monoisotopic (exact) mass is 343 g/mol. The number of aliphatic carboxylic acids is 1. The number of carboxylic acid groups (broad SMARTS) is 1. The number of carbonyl (C=O) groups is 1. The molecule has 1 atom stereocenters. The molecule has 0 aliphatic heterocycles. The number of carboxylic acids is 1. The van der Waals surface area contributed by atoms with Gasteiger partial charge in [-0.1, -0.05) is 32.8 Å². The van der Waals surface area contributed by atoms with Crippen LogP contribution in [0.4, 0.5) is 0 Å². The van der Waals surface area contributed by atoms with E-state index >= 15 is 0 Å². The van der Waals surface area contributed by atoms with Crippen LogP contribution in [0.25, 0.3) is 0 Å². The molecule has 0 fully saturated rings. The van der Waals surface area contributed by atoms with Gasteiger partial charge in [0.1, 0.15) is 4.75 Å². The van der Waals surface area contributed by atoms with Crippen LogP contribution in [0.5, 0.6) is 0 Å². The van der Waals surface area contributed by atoms with E-state index in [1.165, 1.54) is 13.8 Å². The molecule has 1 unspecified atom stereocenters. The summed E-state index contributed by atoms with van der Waals surface area (Å²) >= 11 is 0. The summed E-state index contributed by atoms with van der Waals surface area (Å²) in [6, 6.07) is -0.510. The van der Waals surface area contributed by atoms with Crippen LogP contribution in [0.3, 0.4) is 0 Å². The van der Waals surface area contributed by atoms with Crippen molar-refractivity contribution in [1.82, 2.24) is 0 Å². The van der Waals surface area contributed by atoms with Gasteiger partial charge in [0, 0.05) is 12.1 Å². The molecule has 0 amide bonds. The van der Waals surface area contributed by atoms with Crippen LogP contribution in [0.15, 0.2) is 12.7 Å². The van der Waals surface area contributed by atoms with E-state index in [1.807, 2.05) is 0 Å². The number of rotatable bonds is 7. The van der Waals surface area contributed by atoms with E-state index in [0.29, 0.717) is 6.42 Å². The molecule has 0 aromatic heterocycles. The maximum absolute atomic E-state index is 11.0. The zero-order chi connectivity index (χ0) is 15.7. The first-order valence-electron chi connectivity index (χ1n) is 6.08. The Labute approximate surface area is 172 Å². The molecule has 0 heterocycles. The van der Waals surface area contributed by atoms with E-state index in [1.54, 1.807) is 0 Å². The van der Waals surface area contributed by atoms with Crippen LogP contribution in [0.2, 0.25) is 0 Å². The summed E-state index contributed by atoms with van der Waals surface area (Å²) in [5, 5.41) is 7.60. The third-order valence-electron chi connectivity index (χ3n) is 2.85. The van der Waals surface area contributed by atoms with Crippen molar-refractivity contribution in [2.45, 2.75) is 57.2 Å². The van der Waals surface area contributed by atoms with E-state index in [0.717, 1.165) is 25.3 Å². The minimum atomic E-state index is -4.06. The van der Waals surface area contributed by atoms with Gasteiger partial charge in [-0.25, -0.2) is 4.79 Å².